The van der Waals surface area contributed by atoms with Crippen LogP contribution in [-0.4, -0.2) is 109 Å². The van der Waals surface area contributed by atoms with Crippen molar-refractivity contribution in [1.29, 1.82) is 0 Å². The fraction of sp³-hybridized carbons (Fsp3) is 0.188. The van der Waals surface area contributed by atoms with Gasteiger partial charge in [-0.1, -0.05) is 25.1 Å². The number of anilines is 2. The van der Waals surface area contributed by atoms with E-state index < -0.39 is 88.8 Å². The number of alkyl halides is 3. The van der Waals surface area contributed by atoms with E-state index >= 15 is 0 Å². The van der Waals surface area contributed by atoms with Crippen LogP contribution in [0.3, 0.4) is 0 Å². The minimum atomic E-state index is -4.57. The predicted octanol–water partition coefficient (Wildman–Crippen LogP) is 3.62. The summed E-state index contributed by atoms with van der Waals surface area (Å²) < 4.78 is 145. The average Bonchev–Trinajstić information content (AvgIpc) is 3.85. The first-order valence-electron chi connectivity index (χ1n) is 22.7. The molecule has 35 heteroatoms. The molecule has 0 fully saturated rings. The zero-order valence-corrected chi connectivity index (χ0v) is 49.9. The van der Waals surface area contributed by atoms with Crippen LogP contribution in [0.25, 0.3) is 0 Å². The van der Waals surface area contributed by atoms with Crippen molar-refractivity contribution in [3.63, 3.8) is 0 Å². The summed E-state index contributed by atoms with van der Waals surface area (Å²) in [4.78, 5) is 86.9. The summed E-state index contributed by atoms with van der Waals surface area (Å²) in [5, 5.41) is 8.08. The van der Waals surface area contributed by atoms with Crippen molar-refractivity contribution in [1.82, 2.24) is 43.7 Å². The molecule has 434 valence electrons. The fourth-order valence-electron chi connectivity index (χ4n) is 6.24. The molecule has 83 heavy (non-hydrogen) atoms. The molecule has 7 aromatic rings. The summed E-state index contributed by atoms with van der Waals surface area (Å²) in [6, 6.07) is 15.9. The molecule has 0 saturated carbocycles. The Bertz CT molecular complexity index is 3840. The Morgan fingerprint density at radius 1 is 0.747 bits per heavy atom. The number of amides is 4. The number of hydrogen-bond acceptors (Lipinski definition) is 20. The Kier molecular flexibility index (Phi) is 24.1. The zero-order valence-electron chi connectivity index (χ0n) is 44.1. The van der Waals surface area contributed by atoms with Crippen LogP contribution in [0, 0.1) is 22.1 Å². The van der Waals surface area contributed by atoms with Crippen molar-refractivity contribution in [2.24, 2.45) is 7.05 Å². The Labute approximate surface area is 503 Å². The van der Waals surface area contributed by atoms with E-state index in [0.29, 0.717) is 20.7 Å². The van der Waals surface area contributed by atoms with Gasteiger partial charge in [-0.3, -0.25) is 10.1 Å². The van der Waals surface area contributed by atoms with E-state index in [1.807, 2.05) is 29.5 Å². The first kappa shape index (κ1) is 67.3. The van der Waals surface area contributed by atoms with Crippen LogP contribution in [0.2, 0.25) is 0 Å². The summed E-state index contributed by atoms with van der Waals surface area (Å²) in [6.07, 6.45) is -2.64. The topological polar surface area (TPSA) is 339 Å². The van der Waals surface area contributed by atoms with Crippen molar-refractivity contribution < 1.29 is 116 Å². The van der Waals surface area contributed by atoms with Crippen LogP contribution in [0.1, 0.15) is 55.8 Å². The fourth-order valence-corrected chi connectivity index (χ4v) is 9.20. The van der Waals surface area contributed by atoms with E-state index in [1.54, 1.807) is 16.4 Å². The van der Waals surface area contributed by atoms with E-state index in [-0.39, 0.29) is 94.0 Å². The van der Waals surface area contributed by atoms with Gasteiger partial charge in [0.25, 0.3) is 26.0 Å². The number of aromatic nitrogens is 7. The molecule has 0 unspecified atom stereocenters. The minimum absolute atomic E-state index is 0. The van der Waals surface area contributed by atoms with Gasteiger partial charge in [0.15, 0.2) is 0 Å². The molecular formula is C48H43F5IN11NaO15S2+. The van der Waals surface area contributed by atoms with Gasteiger partial charge in [0, 0.05) is 22.9 Å². The van der Waals surface area contributed by atoms with Crippen LogP contribution in [0.4, 0.5) is 43.2 Å². The molecule has 4 N–H and O–H groups in total. The zero-order chi connectivity index (χ0) is 60.7. The molecule has 0 spiro atoms. The molecular weight excluding hydrogens is 1280 g/mol. The van der Waals surface area contributed by atoms with Gasteiger partial charge < -0.3 is 29.0 Å². The average molecular weight is 1320 g/mol. The number of pyridine rings is 1. The molecule has 0 bridgehead atoms. The van der Waals surface area contributed by atoms with Gasteiger partial charge in [-0.25, -0.2) is 68.6 Å². The number of carbonyl (C=O) groups is 5. The monoisotopic (exact) mass is 1320 g/mol. The number of aryl methyl sites for hydroxylation is 1. The molecule has 0 aliphatic heterocycles. The summed E-state index contributed by atoms with van der Waals surface area (Å²) in [7, 11) is -4.00. The minimum Gasteiger partial charge on any atom is -0.467 e. The molecule has 26 nitrogen and oxygen atoms in total. The molecule has 3 aromatic heterocycles. The summed E-state index contributed by atoms with van der Waals surface area (Å²) in [5.41, 5.74) is -2.73. The predicted molar refractivity (Wildman–Crippen MR) is 283 cm³/mol. The Hall–Kier alpha value is -8.19. The van der Waals surface area contributed by atoms with E-state index in [4.69, 9.17) is 14.2 Å². The van der Waals surface area contributed by atoms with Gasteiger partial charge in [-0.05, 0) is 109 Å². The number of nitrogens with zero attached hydrogens (tertiary/aromatic N) is 7. The second kappa shape index (κ2) is 29.7. The third kappa shape index (κ3) is 18.4. The summed E-state index contributed by atoms with van der Waals surface area (Å²) in [6.45, 7) is 3.64. The van der Waals surface area contributed by atoms with Crippen LogP contribution >= 0.6 is 22.6 Å². The first-order valence-corrected chi connectivity index (χ1v) is 26.8. The third-order valence-electron chi connectivity index (χ3n) is 9.94. The van der Waals surface area contributed by atoms with Crippen molar-refractivity contribution in [3.05, 3.63) is 157 Å². The van der Waals surface area contributed by atoms with Crippen molar-refractivity contribution >= 4 is 84.2 Å². The molecule has 0 aliphatic rings. The van der Waals surface area contributed by atoms with Crippen LogP contribution in [-0.2, 0) is 42.7 Å². The summed E-state index contributed by atoms with van der Waals surface area (Å²) in [5.74, 6) is -4.80. The smallest absolute Gasteiger partial charge is 0.467 e. The number of hydrogen-bond donors (Lipinski definition) is 4. The number of urea groups is 1. The van der Waals surface area contributed by atoms with Gasteiger partial charge in [0.1, 0.15) is 38.6 Å². The Morgan fingerprint density at radius 3 is 2.04 bits per heavy atom. The van der Waals surface area contributed by atoms with Gasteiger partial charge >= 0.3 is 77.4 Å². The van der Waals surface area contributed by atoms with Crippen LogP contribution in [0.15, 0.2) is 118 Å². The summed E-state index contributed by atoms with van der Waals surface area (Å²) >= 11 is 1.88. The maximum Gasteiger partial charge on any atom is 1.00 e. The number of esters is 2. The third-order valence-corrected chi connectivity index (χ3v) is 13.4. The molecule has 0 radical (unpaired) electrons. The molecule has 0 saturated heterocycles. The number of ether oxygens (including phenoxy) is 5. The second-order valence-corrected chi connectivity index (χ2v) is 20.3. The molecule has 0 aliphatic carbocycles. The van der Waals surface area contributed by atoms with Gasteiger partial charge in [-0.2, -0.15) is 28.1 Å². The quantitative estimate of drug-likeness (QED) is 0.0493. The largest absolute Gasteiger partial charge is 1.00 e. The molecule has 3 heterocycles. The first-order chi connectivity index (χ1) is 38.6. The molecule has 4 amide bonds. The van der Waals surface area contributed by atoms with Crippen molar-refractivity contribution in [2.75, 3.05) is 38.6 Å². The van der Waals surface area contributed by atoms with E-state index in [2.05, 4.69) is 45.1 Å². The van der Waals surface area contributed by atoms with E-state index in [1.165, 1.54) is 75.0 Å². The van der Waals surface area contributed by atoms with Gasteiger partial charge in [-0.15, -0.1) is 9.78 Å². The number of carbonyl (C=O) groups excluding carboxylic acids is 5. The Morgan fingerprint density at radius 2 is 1.40 bits per heavy atom. The molecule has 7 rings (SSSR count). The van der Waals surface area contributed by atoms with E-state index in [0.717, 1.165) is 55.2 Å². The van der Waals surface area contributed by atoms with Gasteiger partial charge in [0.05, 0.1) is 50.3 Å². The van der Waals surface area contributed by atoms with Crippen LogP contribution < -0.4 is 69.5 Å². The number of halogens is 6. The van der Waals surface area contributed by atoms with E-state index in [9.17, 15) is 67.6 Å². The second-order valence-electron chi connectivity index (χ2n) is 15.7. The SMILES string of the molecule is CCCOc1nn(C(=O)NS(=O)(=O)c2ccccc2C(=O)OC)c(=O)n1C.COC(=O)c1ccc(I)cc1S(=O)(=O)NC(=O)Nc1nc(C)nc(OC)n1.O=C(Nc1ccc(F)cc1F)c1cccnc1Oc1cccc(C(F)(F)F)c1.[Na+]. The normalized spacial score (nSPS) is 10.9. The number of benzene rings is 4. The Balaban J connectivity index is 0.000000266. The number of nitrogens with one attached hydrogen (secondary N) is 4. The maximum atomic E-state index is 13.7. The number of rotatable bonds is 15. The number of sulfonamides is 2. The number of methoxy groups -OCH3 is 3. The molecule has 4 aromatic carbocycles. The van der Waals surface area contributed by atoms with Crippen molar-refractivity contribution in [3.8, 4) is 23.7 Å². The standard InChI is InChI=1S/C19H11F5N2O2.C15H18N4O7S.C14H14IN5O6S.Na/c20-12-6-7-16(15(21)10-12)26-17(27)14-5-2-8-25-18(14)28-13-4-1-3-11(9-13)19(22,23)24;1-4-9-26-14-16-19(15(22)18(14)2)13(21)17-27(23,24)11-8-6-5-7-10(11)12(20)25-3;1-7-16-12(19-14(17-7)26-3)18-13(22)20-27(23,24)10-6-8(15)4-5-9(10)11(21)25-2;/h1-10H,(H,26,27);5-8H,4,9H2,1-3H3,(H,17,21);4-6H,1-3H3,(H2,16,17,18,19,20,22);/q;;;+1. The maximum absolute atomic E-state index is 13.7. The van der Waals surface area contributed by atoms with Gasteiger partial charge in [0.2, 0.25) is 11.8 Å². The van der Waals surface area contributed by atoms with Crippen LogP contribution in [0.5, 0.6) is 23.7 Å². The molecule has 0 atom stereocenters. The van der Waals surface area contributed by atoms with Crippen molar-refractivity contribution in [2.45, 2.75) is 36.2 Å².